The zero-order valence-corrected chi connectivity index (χ0v) is 22.0. The lowest BCUT2D eigenvalue weighted by Gasteiger charge is -2.24. The second-order valence-electron chi connectivity index (χ2n) is 9.51. The Labute approximate surface area is 219 Å². The lowest BCUT2D eigenvalue weighted by atomic mass is 10.0. The summed E-state index contributed by atoms with van der Waals surface area (Å²) in [6.07, 6.45) is 0.666. The van der Waals surface area contributed by atoms with E-state index in [4.69, 9.17) is 4.98 Å². The highest BCUT2D eigenvalue weighted by Crippen LogP contribution is 2.29. The molecule has 1 aliphatic rings. The summed E-state index contributed by atoms with van der Waals surface area (Å²) in [5.41, 5.74) is 4.26. The van der Waals surface area contributed by atoms with Crippen LogP contribution in [0.15, 0.2) is 77.3 Å². The minimum atomic E-state index is -0.203. The Morgan fingerprint density at radius 3 is 2.25 bits per heavy atom. The van der Waals surface area contributed by atoms with E-state index in [0.717, 1.165) is 27.9 Å². The quantitative estimate of drug-likeness (QED) is 0.213. The normalized spacial score (nSPS) is 14.2. The molecule has 36 heavy (non-hydrogen) atoms. The van der Waals surface area contributed by atoms with Crippen molar-refractivity contribution in [3.63, 3.8) is 0 Å². The average molecular weight is 545 g/mol. The van der Waals surface area contributed by atoms with Crippen LogP contribution in [0.1, 0.15) is 58.4 Å². The molecular formula is C29H29BrN4O2. The van der Waals surface area contributed by atoms with E-state index >= 15 is 0 Å². The molecule has 7 heteroatoms. The van der Waals surface area contributed by atoms with Crippen molar-refractivity contribution in [1.82, 2.24) is 19.8 Å². The second kappa shape index (κ2) is 10.4. The van der Waals surface area contributed by atoms with Gasteiger partial charge in [-0.05, 0) is 54.8 Å². The molecule has 0 bridgehead atoms. The topological polar surface area (TPSA) is 67.2 Å². The number of aromatic nitrogens is 2. The molecule has 1 N–H and O–H groups in total. The van der Waals surface area contributed by atoms with Crippen LogP contribution in [-0.2, 0) is 6.54 Å². The standard InChI is InChI=1S/C29H29BrN4O2/c1-19(2)26(31-15-8-16-33-28(35)22-11-6-7-12-23(22)29(33)36)27-32-24-17-21(30)13-14-25(24)34(27)18-20-9-4-3-5-10-20/h3-7,9-14,17,19,26,31H,8,15-16,18H2,1-2H3. The van der Waals surface area contributed by atoms with Crippen LogP contribution in [0.25, 0.3) is 11.0 Å². The number of halogens is 1. The number of imide groups is 1. The molecule has 1 aromatic heterocycles. The van der Waals surface area contributed by atoms with Crippen molar-refractivity contribution in [2.45, 2.75) is 32.9 Å². The van der Waals surface area contributed by atoms with Gasteiger partial charge in [-0.1, -0.05) is 72.2 Å². The molecule has 1 aliphatic heterocycles. The number of carbonyl (C=O) groups is 2. The Balaban J connectivity index is 1.34. The molecule has 184 valence electrons. The molecule has 3 aromatic carbocycles. The number of rotatable bonds is 9. The molecule has 0 spiro atoms. The van der Waals surface area contributed by atoms with Crippen molar-refractivity contribution in [3.05, 3.63) is 99.8 Å². The zero-order valence-electron chi connectivity index (χ0n) is 20.4. The van der Waals surface area contributed by atoms with Crippen molar-refractivity contribution >= 4 is 38.8 Å². The van der Waals surface area contributed by atoms with Gasteiger partial charge in [-0.15, -0.1) is 0 Å². The first-order valence-electron chi connectivity index (χ1n) is 12.3. The lowest BCUT2D eigenvalue weighted by molar-refractivity contribution is 0.0652. The maximum Gasteiger partial charge on any atom is 0.261 e. The van der Waals surface area contributed by atoms with Crippen LogP contribution < -0.4 is 5.32 Å². The summed E-state index contributed by atoms with van der Waals surface area (Å²) < 4.78 is 3.29. The van der Waals surface area contributed by atoms with Gasteiger partial charge in [0.25, 0.3) is 11.8 Å². The fraction of sp³-hybridized carbons (Fsp3) is 0.276. The van der Waals surface area contributed by atoms with Crippen LogP contribution in [0, 0.1) is 5.92 Å². The van der Waals surface area contributed by atoms with Crippen LogP contribution in [0.4, 0.5) is 0 Å². The van der Waals surface area contributed by atoms with Crippen LogP contribution in [0.3, 0.4) is 0 Å². The minimum Gasteiger partial charge on any atom is -0.322 e. The van der Waals surface area contributed by atoms with Crippen LogP contribution >= 0.6 is 15.9 Å². The van der Waals surface area contributed by atoms with Gasteiger partial charge in [0.2, 0.25) is 0 Å². The molecular weight excluding hydrogens is 516 g/mol. The minimum absolute atomic E-state index is 0.0158. The van der Waals surface area contributed by atoms with Gasteiger partial charge in [0.15, 0.2) is 0 Å². The van der Waals surface area contributed by atoms with Gasteiger partial charge in [0, 0.05) is 17.6 Å². The van der Waals surface area contributed by atoms with E-state index in [0.29, 0.717) is 36.6 Å². The van der Waals surface area contributed by atoms with Crippen molar-refractivity contribution in [2.24, 2.45) is 5.92 Å². The van der Waals surface area contributed by atoms with E-state index in [1.54, 1.807) is 24.3 Å². The first kappa shape index (κ1) is 24.4. The van der Waals surface area contributed by atoms with E-state index < -0.39 is 0 Å². The molecule has 1 atom stereocenters. The summed E-state index contributed by atoms with van der Waals surface area (Å²) in [5, 5.41) is 3.67. The average Bonchev–Trinajstić information content (AvgIpc) is 3.34. The first-order valence-corrected chi connectivity index (χ1v) is 13.1. The SMILES string of the molecule is CC(C)C(NCCCN1C(=O)c2ccccc2C1=O)c1nc2cc(Br)ccc2n1Cc1ccccc1. The van der Waals surface area contributed by atoms with Crippen LogP contribution in [0.5, 0.6) is 0 Å². The van der Waals surface area contributed by atoms with Gasteiger partial charge in [0.05, 0.1) is 28.2 Å². The molecule has 2 amide bonds. The fourth-order valence-corrected chi connectivity index (χ4v) is 5.20. The fourth-order valence-electron chi connectivity index (χ4n) is 4.85. The number of imidazole rings is 1. The first-order chi connectivity index (χ1) is 17.4. The monoisotopic (exact) mass is 544 g/mol. The predicted molar refractivity (Wildman–Crippen MR) is 145 cm³/mol. The van der Waals surface area contributed by atoms with Gasteiger partial charge < -0.3 is 9.88 Å². The predicted octanol–water partition coefficient (Wildman–Crippen LogP) is 5.82. The second-order valence-corrected chi connectivity index (χ2v) is 10.4. The Bertz CT molecular complexity index is 1380. The number of amides is 2. The third-order valence-corrected chi connectivity index (χ3v) is 7.16. The Morgan fingerprint density at radius 1 is 0.917 bits per heavy atom. The molecule has 4 aromatic rings. The number of fused-ring (bicyclic) bond motifs is 2. The smallest absolute Gasteiger partial charge is 0.261 e. The van der Waals surface area contributed by atoms with E-state index in [1.165, 1.54) is 10.5 Å². The number of nitrogens with zero attached hydrogens (tertiary/aromatic N) is 3. The summed E-state index contributed by atoms with van der Waals surface area (Å²) in [6, 6.07) is 23.7. The zero-order chi connectivity index (χ0) is 25.2. The molecule has 5 rings (SSSR count). The number of nitrogens with one attached hydrogen (secondary N) is 1. The largest absolute Gasteiger partial charge is 0.322 e. The van der Waals surface area contributed by atoms with Crippen molar-refractivity contribution < 1.29 is 9.59 Å². The molecule has 0 aliphatic carbocycles. The number of hydrogen-bond donors (Lipinski definition) is 1. The van der Waals surface area contributed by atoms with Gasteiger partial charge >= 0.3 is 0 Å². The van der Waals surface area contributed by atoms with E-state index in [2.05, 4.69) is 82.1 Å². The number of benzene rings is 3. The molecule has 2 heterocycles. The van der Waals surface area contributed by atoms with Crippen LogP contribution in [0.2, 0.25) is 0 Å². The Morgan fingerprint density at radius 2 is 1.58 bits per heavy atom. The molecule has 0 saturated heterocycles. The third-order valence-electron chi connectivity index (χ3n) is 6.67. The maximum atomic E-state index is 12.7. The molecule has 6 nitrogen and oxygen atoms in total. The summed E-state index contributed by atoms with van der Waals surface area (Å²) >= 11 is 3.58. The maximum absolute atomic E-state index is 12.7. The van der Waals surface area contributed by atoms with Crippen molar-refractivity contribution in [2.75, 3.05) is 13.1 Å². The number of hydrogen-bond acceptors (Lipinski definition) is 4. The van der Waals surface area contributed by atoms with E-state index in [9.17, 15) is 9.59 Å². The lowest BCUT2D eigenvalue weighted by Crippen LogP contribution is -2.34. The highest BCUT2D eigenvalue weighted by Gasteiger charge is 2.34. The summed E-state index contributed by atoms with van der Waals surface area (Å²) in [6.45, 7) is 6.15. The van der Waals surface area contributed by atoms with E-state index in [1.807, 2.05) is 6.07 Å². The molecule has 1 unspecified atom stereocenters. The van der Waals surface area contributed by atoms with Gasteiger partial charge in [0.1, 0.15) is 5.82 Å². The molecule has 0 saturated carbocycles. The molecule has 0 radical (unpaired) electrons. The highest BCUT2D eigenvalue weighted by molar-refractivity contribution is 9.10. The van der Waals surface area contributed by atoms with Crippen molar-refractivity contribution in [1.29, 1.82) is 0 Å². The van der Waals surface area contributed by atoms with Crippen molar-refractivity contribution in [3.8, 4) is 0 Å². The summed E-state index contributed by atoms with van der Waals surface area (Å²) in [7, 11) is 0. The Hall–Kier alpha value is -3.29. The van der Waals surface area contributed by atoms with Gasteiger partial charge in [-0.3, -0.25) is 14.5 Å². The number of carbonyl (C=O) groups excluding carboxylic acids is 2. The molecule has 0 fully saturated rings. The highest BCUT2D eigenvalue weighted by atomic mass is 79.9. The Kier molecular flexibility index (Phi) is 7.03. The van der Waals surface area contributed by atoms with E-state index in [-0.39, 0.29) is 17.9 Å². The van der Waals surface area contributed by atoms with Gasteiger partial charge in [-0.2, -0.15) is 0 Å². The summed E-state index contributed by atoms with van der Waals surface area (Å²) in [4.78, 5) is 31.8. The summed E-state index contributed by atoms with van der Waals surface area (Å²) in [5.74, 6) is 0.874. The third kappa shape index (κ3) is 4.73. The van der Waals surface area contributed by atoms with Crippen LogP contribution in [-0.4, -0.2) is 39.4 Å². The van der Waals surface area contributed by atoms with Gasteiger partial charge in [-0.25, -0.2) is 4.98 Å².